The van der Waals surface area contributed by atoms with Crippen LogP contribution in [0.3, 0.4) is 0 Å². The van der Waals surface area contributed by atoms with E-state index in [2.05, 4.69) is 5.32 Å². The van der Waals surface area contributed by atoms with Crippen molar-refractivity contribution in [2.75, 3.05) is 18.1 Å². The number of hydrogen-bond acceptors (Lipinski definition) is 4. The number of ketones is 2. The third-order valence-corrected chi connectivity index (χ3v) is 2.22. The van der Waals surface area contributed by atoms with Crippen LogP contribution in [0, 0.1) is 0 Å². The highest BCUT2D eigenvalue weighted by molar-refractivity contribution is 6.06. The molecule has 15 heavy (non-hydrogen) atoms. The SMILES string of the molecule is CNc1cc(C(C)=O)c(N)cc1C(C)=O. The summed E-state index contributed by atoms with van der Waals surface area (Å²) in [6, 6.07) is 3.14. The molecule has 0 aliphatic carbocycles. The lowest BCUT2D eigenvalue weighted by atomic mass is 10.0. The van der Waals surface area contributed by atoms with Crippen molar-refractivity contribution in [2.45, 2.75) is 13.8 Å². The zero-order valence-electron chi connectivity index (χ0n) is 9.05. The Morgan fingerprint density at radius 2 is 1.67 bits per heavy atom. The summed E-state index contributed by atoms with van der Waals surface area (Å²) in [4.78, 5) is 22.5. The number of nitrogen functional groups attached to an aromatic ring is 1. The van der Waals surface area contributed by atoms with Crippen molar-refractivity contribution in [1.29, 1.82) is 0 Å². The van der Waals surface area contributed by atoms with Gasteiger partial charge in [-0.05, 0) is 26.0 Å². The van der Waals surface area contributed by atoms with Gasteiger partial charge < -0.3 is 11.1 Å². The maximum absolute atomic E-state index is 11.3. The molecule has 0 amide bonds. The fraction of sp³-hybridized carbons (Fsp3) is 0.273. The zero-order valence-corrected chi connectivity index (χ0v) is 9.05. The minimum Gasteiger partial charge on any atom is -0.398 e. The number of benzene rings is 1. The Bertz CT molecular complexity index is 425. The molecule has 0 fully saturated rings. The Morgan fingerprint density at radius 1 is 1.13 bits per heavy atom. The Morgan fingerprint density at radius 3 is 2.07 bits per heavy atom. The van der Waals surface area contributed by atoms with E-state index in [1.807, 2.05) is 0 Å². The maximum Gasteiger partial charge on any atom is 0.161 e. The normalized spacial score (nSPS) is 9.80. The number of carbonyl (C=O) groups excluding carboxylic acids is 2. The molecule has 1 rings (SSSR count). The second-order valence-electron chi connectivity index (χ2n) is 3.35. The van der Waals surface area contributed by atoms with Crippen molar-refractivity contribution < 1.29 is 9.59 Å². The summed E-state index contributed by atoms with van der Waals surface area (Å²) in [6.45, 7) is 2.90. The van der Waals surface area contributed by atoms with Gasteiger partial charge in [-0.1, -0.05) is 0 Å². The second kappa shape index (κ2) is 4.13. The standard InChI is InChI=1S/C11H14N2O2/c1-6(14)8-5-11(13-3)9(7(2)15)4-10(8)12/h4-5,13H,12H2,1-3H3. The first-order valence-electron chi connectivity index (χ1n) is 4.60. The molecule has 0 heterocycles. The van der Waals surface area contributed by atoms with Gasteiger partial charge in [-0.3, -0.25) is 9.59 Å². The van der Waals surface area contributed by atoms with E-state index in [1.165, 1.54) is 19.9 Å². The fourth-order valence-electron chi connectivity index (χ4n) is 1.42. The molecule has 80 valence electrons. The van der Waals surface area contributed by atoms with E-state index < -0.39 is 0 Å². The maximum atomic E-state index is 11.3. The van der Waals surface area contributed by atoms with Gasteiger partial charge in [0.15, 0.2) is 11.6 Å². The molecule has 4 heteroatoms. The molecule has 1 aromatic rings. The predicted octanol–water partition coefficient (Wildman–Crippen LogP) is 1.72. The average Bonchev–Trinajstić information content (AvgIpc) is 2.16. The van der Waals surface area contributed by atoms with E-state index in [9.17, 15) is 9.59 Å². The Balaban J connectivity index is 3.42. The summed E-state index contributed by atoms with van der Waals surface area (Å²) in [7, 11) is 1.70. The zero-order chi connectivity index (χ0) is 11.6. The van der Waals surface area contributed by atoms with Gasteiger partial charge in [0.2, 0.25) is 0 Å². The number of nitrogens with one attached hydrogen (secondary N) is 1. The van der Waals surface area contributed by atoms with Gasteiger partial charge in [0.05, 0.1) is 0 Å². The molecule has 0 aliphatic rings. The van der Waals surface area contributed by atoms with Crippen LogP contribution in [0.2, 0.25) is 0 Å². The molecule has 4 nitrogen and oxygen atoms in total. The fourth-order valence-corrected chi connectivity index (χ4v) is 1.42. The highest BCUT2D eigenvalue weighted by Gasteiger charge is 2.12. The van der Waals surface area contributed by atoms with Crippen molar-refractivity contribution in [1.82, 2.24) is 0 Å². The smallest absolute Gasteiger partial charge is 0.161 e. The topological polar surface area (TPSA) is 72.2 Å². The van der Waals surface area contributed by atoms with E-state index in [0.717, 1.165) is 0 Å². The first-order valence-corrected chi connectivity index (χ1v) is 4.60. The molecule has 0 saturated heterocycles. The summed E-state index contributed by atoms with van der Waals surface area (Å²) in [5.41, 5.74) is 7.58. The third-order valence-electron chi connectivity index (χ3n) is 2.22. The first-order chi connectivity index (χ1) is 6.97. The molecule has 0 atom stereocenters. The van der Waals surface area contributed by atoms with Crippen molar-refractivity contribution >= 4 is 22.9 Å². The minimum atomic E-state index is -0.112. The van der Waals surface area contributed by atoms with Crippen LogP contribution in [-0.2, 0) is 0 Å². The van der Waals surface area contributed by atoms with Gasteiger partial charge in [-0.2, -0.15) is 0 Å². The highest BCUT2D eigenvalue weighted by Crippen LogP contribution is 2.24. The summed E-state index contributed by atoms with van der Waals surface area (Å²) < 4.78 is 0. The van der Waals surface area contributed by atoms with Crippen LogP contribution in [0.15, 0.2) is 12.1 Å². The lowest BCUT2D eigenvalue weighted by Crippen LogP contribution is -2.06. The summed E-state index contributed by atoms with van der Waals surface area (Å²) in [6.07, 6.45) is 0. The molecule has 0 unspecified atom stereocenters. The van der Waals surface area contributed by atoms with Crippen LogP contribution in [0.5, 0.6) is 0 Å². The lowest BCUT2D eigenvalue weighted by Gasteiger charge is -2.10. The molecule has 0 aliphatic heterocycles. The van der Waals surface area contributed by atoms with E-state index >= 15 is 0 Å². The van der Waals surface area contributed by atoms with Gasteiger partial charge in [0, 0.05) is 29.5 Å². The van der Waals surface area contributed by atoms with Crippen molar-refractivity contribution in [3.05, 3.63) is 23.3 Å². The van der Waals surface area contributed by atoms with E-state index in [-0.39, 0.29) is 11.6 Å². The third kappa shape index (κ3) is 2.15. The van der Waals surface area contributed by atoms with Gasteiger partial charge in [-0.15, -0.1) is 0 Å². The Hall–Kier alpha value is -1.84. The molecule has 0 spiro atoms. The summed E-state index contributed by atoms with van der Waals surface area (Å²) in [5.74, 6) is -0.194. The molecule has 0 bridgehead atoms. The van der Waals surface area contributed by atoms with E-state index in [4.69, 9.17) is 5.73 Å². The van der Waals surface area contributed by atoms with Crippen molar-refractivity contribution in [2.24, 2.45) is 0 Å². The van der Waals surface area contributed by atoms with E-state index in [0.29, 0.717) is 22.5 Å². The molecule has 0 aromatic heterocycles. The summed E-state index contributed by atoms with van der Waals surface area (Å²) in [5, 5.41) is 2.87. The second-order valence-corrected chi connectivity index (χ2v) is 3.35. The monoisotopic (exact) mass is 206 g/mol. The van der Waals surface area contributed by atoms with Gasteiger partial charge in [-0.25, -0.2) is 0 Å². The lowest BCUT2D eigenvalue weighted by molar-refractivity contribution is 0.100. The number of Topliss-reactive ketones (excluding diaryl/α,β-unsaturated/α-hetero) is 2. The largest absolute Gasteiger partial charge is 0.398 e. The molecule has 1 aromatic carbocycles. The highest BCUT2D eigenvalue weighted by atomic mass is 16.1. The first kappa shape index (κ1) is 11.2. The molecular weight excluding hydrogens is 192 g/mol. The van der Waals surface area contributed by atoms with Crippen LogP contribution >= 0.6 is 0 Å². The number of rotatable bonds is 3. The van der Waals surface area contributed by atoms with Crippen LogP contribution in [0.25, 0.3) is 0 Å². The van der Waals surface area contributed by atoms with Crippen LogP contribution in [-0.4, -0.2) is 18.6 Å². The molecule has 3 N–H and O–H groups in total. The van der Waals surface area contributed by atoms with E-state index in [1.54, 1.807) is 13.1 Å². The number of anilines is 2. The van der Waals surface area contributed by atoms with Gasteiger partial charge in [0.1, 0.15) is 0 Å². The number of hydrogen-bond donors (Lipinski definition) is 2. The minimum absolute atomic E-state index is 0.0823. The Labute approximate surface area is 88.5 Å². The predicted molar refractivity (Wildman–Crippen MR) is 60.4 cm³/mol. The van der Waals surface area contributed by atoms with Gasteiger partial charge in [0.25, 0.3) is 0 Å². The number of nitrogens with two attached hydrogens (primary N) is 1. The molecule has 0 saturated carbocycles. The average molecular weight is 206 g/mol. The van der Waals surface area contributed by atoms with Crippen LogP contribution < -0.4 is 11.1 Å². The van der Waals surface area contributed by atoms with Crippen molar-refractivity contribution in [3.63, 3.8) is 0 Å². The summed E-state index contributed by atoms with van der Waals surface area (Å²) >= 11 is 0. The molecular formula is C11H14N2O2. The van der Waals surface area contributed by atoms with Crippen LogP contribution in [0.4, 0.5) is 11.4 Å². The van der Waals surface area contributed by atoms with Gasteiger partial charge >= 0.3 is 0 Å². The van der Waals surface area contributed by atoms with Crippen LogP contribution in [0.1, 0.15) is 34.6 Å². The molecule has 0 radical (unpaired) electrons. The van der Waals surface area contributed by atoms with Crippen molar-refractivity contribution in [3.8, 4) is 0 Å². The Kier molecular flexibility index (Phi) is 3.09. The number of carbonyl (C=O) groups is 2. The quantitative estimate of drug-likeness (QED) is 0.583.